The van der Waals surface area contributed by atoms with Crippen molar-refractivity contribution in [2.45, 2.75) is 26.7 Å². The first kappa shape index (κ1) is 14.8. The van der Waals surface area contributed by atoms with Gasteiger partial charge in [-0.05, 0) is 45.3 Å². The van der Waals surface area contributed by atoms with E-state index in [0.717, 1.165) is 39.0 Å². The monoisotopic (exact) mass is 281 g/mol. The number of hydrogen-bond acceptors (Lipinski definition) is 5. The Kier molecular flexibility index (Phi) is 4.59. The normalized spacial score (nSPS) is 17.4. The van der Waals surface area contributed by atoms with Crippen LogP contribution in [0.5, 0.6) is 0 Å². The van der Waals surface area contributed by atoms with E-state index in [9.17, 15) is 10.1 Å². The van der Waals surface area contributed by atoms with Crippen LogP contribution in [-0.4, -0.2) is 45.8 Å². The first-order chi connectivity index (χ1) is 9.52. The zero-order valence-corrected chi connectivity index (χ0v) is 12.4. The highest BCUT2D eigenvalue weighted by molar-refractivity contribution is 5.59. The summed E-state index contributed by atoms with van der Waals surface area (Å²) in [4.78, 5) is 13.2. The Hall–Kier alpha value is -1.63. The number of hydrogen-bond donors (Lipinski definition) is 1. The van der Waals surface area contributed by atoms with Gasteiger partial charge in [-0.3, -0.25) is 10.1 Å². The fraction of sp³-hybridized carbons (Fsp3) is 0.769. The summed E-state index contributed by atoms with van der Waals surface area (Å²) in [5.41, 5.74) is 0.555. The van der Waals surface area contributed by atoms with E-state index in [0.29, 0.717) is 17.4 Å². The van der Waals surface area contributed by atoms with E-state index < -0.39 is 0 Å². The van der Waals surface area contributed by atoms with Gasteiger partial charge in [0.05, 0.1) is 4.92 Å². The Balaban J connectivity index is 1.96. The fourth-order valence-electron chi connectivity index (χ4n) is 2.81. The van der Waals surface area contributed by atoms with Crippen molar-refractivity contribution in [3.63, 3.8) is 0 Å². The van der Waals surface area contributed by atoms with Gasteiger partial charge in [-0.2, -0.15) is 5.10 Å². The molecule has 0 atom stereocenters. The Bertz CT molecular complexity index is 477. The van der Waals surface area contributed by atoms with Crippen LogP contribution in [0.25, 0.3) is 0 Å². The number of rotatable bonds is 5. The van der Waals surface area contributed by atoms with Crippen molar-refractivity contribution in [3.8, 4) is 0 Å². The molecule has 0 spiro atoms. The molecule has 2 rings (SSSR count). The number of nitro groups is 1. The molecule has 0 unspecified atom stereocenters. The molecular formula is C13H23N5O2. The highest BCUT2D eigenvalue weighted by Crippen LogP contribution is 2.28. The van der Waals surface area contributed by atoms with E-state index in [1.54, 1.807) is 18.7 Å². The molecule has 7 nitrogen and oxygen atoms in total. The van der Waals surface area contributed by atoms with Gasteiger partial charge in [-0.15, -0.1) is 0 Å². The summed E-state index contributed by atoms with van der Waals surface area (Å²) in [6, 6.07) is 0. The third kappa shape index (κ3) is 3.09. The maximum absolute atomic E-state index is 11.1. The largest absolute Gasteiger partial charge is 0.364 e. The van der Waals surface area contributed by atoms with Crippen LogP contribution in [0.4, 0.5) is 11.5 Å². The SMILES string of the molecule is CCN1CCC(CNc2c([N+](=O)[O-])c(C)nn2C)CC1. The summed E-state index contributed by atoms with van der Waals surface area (Å²) < 4.78 is 1.56. The van der Waals surface area contributed by atoms with Crippen molar-refractivity contribution in [2.75, 3.05) is 31.5 Å². The van der Waals surface area contributed by atoms with E-state index in [-0.39, 0.29) is 10.6 Å². The summed E-state index contributed by atoms with van der Waals surface area (Å²) in [6.45, 7) is 7.97. The maximum Gasteiger partial charge on any atom is 0.333 e. The van der Waals surface area contributed by atoms with Gasteiger partial charge in [-0.25, -0.2) is 4.68 Å². The van der Waals surface area contributed by atoms with E-state index >= 15 is 0 Å². The standard InChI is InChI=1S/C13H23N5O2/c1-4-17-7-5-11(6-8-17)9-14-13-12(18(19)20)10(2)15-16(13)3/h11,14H,4-9H2,1-3H3. The lowest BCUT2D eigenvalue weighted by Crippen LogP contribution is -2.35. The molecule has 1 N–H and O–H groups in total. The predicted molar refractivity (Wildman–Crippen MR) is 77.9 cm³/mol. The smallest absolute Gasteiger partial charge is 0.333 e. The van der Waals surface area contributed by atoms with Crippen molar-refractivity contribution >= 4 is 11.5 Å². The van der Waals surface area contributed by atoms with E-state index in [1.165, 1.54) is 0 Å². The number of aromatic nitrogens is 2. The second-order valence-corrected chi connectivity index (χ2v) is 5.42. The van der Waals surface area contributed by atoms with Crippen molar-refractivity contribution in [3.05, 3.63) is 15.8 Å². The fourth-order valence-corrected chi connectivity index (χ4v) is 2.81. The van der Waals surface area contributed by atoms with E-state index in [1.807, 2.05) is 0 Å². The zero-order valence-electron chi connectivity index (χ0n) is 12.4. The lowest BCUT2D eigenvalue weighted by molar-refractivity contribution is -0.384. The second-order valence-electron chi connectivity index (χ2n) is 5.42. The summed E-state index contributed by atoms with van der Waals surface area (Å²) in [7, 11) is 1.74. The third-order valence-corrected chi connectivity index (χ3v) is 4.09. The number of likely N-dealkylation sites (tertiary alicyclic amines) is 1. The molecule has 112 valence electrons. The lowest BCUT2D eigenvalue weighted by atomic mass is 9.97. The number of anilines is 1. The minimum absolute atomic E-state index is 0.0958. The molecule has 2 heterocycles. The highest BCUT2D eigenvalue weighted by atomic mass is 16.6. The van der Waals surface area contributed by atoms with Crippen LogP contribution in [0.2, 0.25) is 0 Å². The quantitative estimate of drug-likeness (QED) is 0.657. The van der Waals surface area contributed by atoms with Crippen molar-refractivity contribution in [1.82, 2.24) is 14.7 Å². The van der Waals surface area contributed by atoms with Gasteiger partial charge in [0.25, 0.3) is 0 Å². The van der Waals surface area contributed by atoms with Gasteiger partial charge in [0.2, 0.25) is 5.82 Å². The topological polar surface area (TPSA) is 76.2 Å². The Labute approximate surface area is 119 Å². The highest BCUT2D eigenvalue weighted by Gasteiger charge is 2.25. The van der Waals surface area contributed by atoms with Crippen molar-refractivity contribution in [2.24, 2.45) is 13.0 Å². The molecule has 0 aliphatic carbocycles. The molecule has 1 fully saturated rings. The molecule has 0 bridgehead atoms. The number of aryl methyl sites for hydroxylation is 2. The third-order valence-electron chi connectivity index (χ3n) is 4.09. The molecule has 0 radical (unpaired) electrons. The molecule has 1 aliphatic heterocycles. The Morgan fingerprint density at radius 3 is 2.65 bits per heavy atom. The van der Waals surface area contributed by atoms with Crippen LogP contribution in [-0.2, 0) is 7.05 Å². The van der Waals surface area contributed by atoms with E-state index in [4.69, 9.17) is 0 Å². The Morgan fingerprint density at radius 1 is 1.45 bits per heavy atom. The van der Waals surface area contributed by atoms with Crippen LogP contribution in [0.15, 0.2) is 0 Å². The van der Waals surface area contributed by atoms with Crippen LogP contribution >= 0.6 is 0 Å². The number of piperidine rings is 1. The summed E-state index contributed by atoms with van der Waals surface area (Å²) in [5, 5.41) is 18.4. The Morgan fingerprint density at radius 2 is 2.10 bits per heavy atom. The van der Waals surface area contributed by atoms with Gasteiger partial charge in [0.15, 0.2) is 0 Å². The van der Waals surface area contributed by atoms with E-state index in [2.05, 4.69) is 22.2 Å². The van der Waals surface area contributed by atoms with Gasteiger partial charge in [0, 0.05) is 13.6 Å². The molecule has 1 aliphatic rings. The summed E-state index contributed by atoms with van der Waals surface area (Å²) in [6.07, 6.45) is 2.29. The van der Waals surface area contributed by atoms with Crippen LogP contribution in [0.3, 0.4) is 0 Å². The molecule has 0 aromatic carbocycles. The van der Waals surface area contributed by atoms with Gasteiger partial charge < -0.3 is 10.2 Å². The summed E-state index contributed by atoms with van der Waals surface area (Å²) >= 11 is 0. The molecule has 0 amide bonds. The van der Waals surface area contributed by atoms with Crippen LogP contribution in [0.1, 0.15) is 25.5 Å². The molecule has 7 heteroatoms. The summed E-state index contributed by atoms with van der Waals surface area (Å²) in [5.74, 6) is 1.10. The zero-order chi connectivity index (χ0) is 14.7. The lowest BCUT2D eigenvalue weighted by Gasteiger charge is -2.31. The predicted octanol–water partition coefficient (Wildman–Crippen LogP) is 1.78. The minimum Gasteiger partial charge on any atom is -0.364 e. The average molecular weight is 281 g/mol. The van der Waals surface area contributed by atoms with Crippen LogP contribution < -0.4 is 5.32 Å². The second kappa shape index (κ2) is 6.21. The first-order valence-corrected chi connectivity index (χ1v) is 7.17. The van der Waals surface area contributed by atoms with Crippen LogP contribution in [0, 0.1) is 23.0 Å². The molecular weight excluding hydrogens is 258 g/mol. The van der Waals surface area contributed by atoms with Gasteiger partial charge >= 0.3 is 5.69 Å². The molecule has 1 aromatic rings. The average Bonchev–Trinajstić information content (AvgIpc) is 2.71. The maximum atomic E-state index is 11.1. The minimum atomic E-state index is -0.357. The number of nitrogens with zero attached hydrogens (tertiary/aromatic N) is 4. The van der Waals surface area contributed by atoms with Crippen molar-refractivity contribution in [1.29, 1.82) is 0 Å². The van der Waals surface area contributed by atoms with Gasteiger partial charge in [-0.1, -0.05) is 6.92 Å². The molecule has 1 saturated heterocycles. The molecule has 20 heavy (non-hydrogen) atoms. The van der Waals surface area contributed by atoms with Crippen molar-refractivity contribution < 1.29 is 4.92 Å². The first-order valence-electron chi connectivity index (χ1n) is 7.17. The molecule has 0 saturated carbocycles. The number of nitrogens with one attached hydrogen (secondary N) is 1. The molecule has 1 aromatic heterocycles. The van der Waals surface area contributed by atoms with Gasteiger partial charge in [0.1, 0.15) is 5.69 Å².